The van der Waals surface area contributed by atoms with E-state index in [2.05, 4.69) is 24.1 Å². The van der Waals surface area contributed by atoms with Gasteiger partial charge in [0.1, 0.15) is 0 Å². The molecule has 0 bridgehead atoms. The molecule has 0 aromatic rings. The van der Waals surface area contributed by atoms with Crippen LogP contribution in [0.4, 0.5) is 0 Å². The molecule has 1 heterocycles. The predicted molar refractivity (Wildman–Crippen MR) is 62.0 cm³/mol. The summed E-state index contributed by atoms with van der Waals surface area (Å²) in [5.74, 6) is 0.960. The van der Waals surface area contributed by atoms with Crippen molar-refractivity contribution < 1.29 is 4.74 Å². The van der Waals surface area contributed by atoms with Crippen molar-refractivity contribution in [2.75, 3.05) is 32.8 Å². The molecule has 88 valence electrons. The molecule has 2 atom stereocenters. The second-order valence-corrected chi connectivity index (χ2v) is 5.03. The Bertz CT molecular complexity index is 188. The highest BCUT2D eigenvalue weighted by molar-refractivity contribution is 4.84. The van der Waals surface area contributed by atoms with E-state index in [0.717, 1.165) is 38.8 Å². The molecular weight excluding hydrogens is 188 g/mol. The van der Waals surface area contributed by atoms with Gasteiger partial charge in [0.2, 0.25) is 0 Å². The van der Waals surface area contributed by atoms with Gasteiger partial charge in [-0.3, -0.25) is 4.90 Å². The van der Waals surface area contributed by atoms with Gasteiger partial charge in [-0.2, -0.15) is 0 Å². The minimum Gasteiger partial charge on any atom is -0.379 e. The summed E-state index contributed by atoms with van der Waals surface area (Å²) in [4.78, 5) is 2.52. The fourth-order valence-electron chi connectivity index (χ4n) is 2.27. The van der Waals surface area contributed by atoms with Crippen molar-refractivity contribution in [1.29, 1.82) is 0 Å². The third kappa shape index (κ3) is 3.44. The van der Waals surface area contributed by atoms with E-state index in [1.807, 2.05) is 0 Å². The standard InChI is InChI=1S/C12H24N2O/c1-10(14-5-7-15-8-6-14)9-13-11(2)12-3-4-12/h10-13H,3-9H2,1-2H3. The van der Waals surface area contributed by atoms with E-state index in [1.165, 1.54) is 12.8 Å². The van der Waals surface area contributed by atoms with Gasteiger partial charge in [0, 0.05) is 31.7 Å². The molecule has 2 fully saturated rings. The minimum atomic E-state index is 0.648. The number of morpholine rings is 1. The summed E-state index contributed by atoms with van der Waals surface area (Å²) in [5.41, 5.74) is 0. The first-order valence-corrected chi connectivity index (χ1v) is 6.32. The fourth-order valence-corrected chi connectivity index (χ4v) is 2.27. The van der Waals surface area contributed by atoms with Crippen LogP contribution in [-0.2, 0) is 4.74 Å². The van der Waals surface area contributed by atoms with E-state index in [-0.39, 0.29) is 0 Å². The maximum atomic E-state index is 5.36. The Hall–Kier alpha value is -0.120. The van der Waals surface area contributed by atoms with E-state index in [9.17, 15) is 0 Å². The van der Waals surface area contributed by atoms with Gasteiger partial charge in [-0.25, -0.2) is 0 Å². The second kappa shape index (κ2) is 5.28. The molecule has 1 saturated carbocycles. The molecule has 0 aromatic heterocycles. The van der Waals surface area contributed by atoms with E-state index < -0.39 is 0 Å². The van der Waals surface area contributed by atoms with Crippen molar-refractivity contribution in [1.82, 2.24) is 10.2 Å². The van der Waals surface area contributed by atoms with Gasteiger partial charge < -0.3 is 10.1 Å². The lowest BCUT2D eigenvalue weighted by Crippen LogP contribution is -2.47. The molecule has 15 heavy (non-hydrogen) atoms. The molecule has 1 saturated heterocycles. The highest BCUT2D eigenvalue weighted by Gasteiger charge is 2.28. The van der Waals surface area contributed by atoms with Crippen LogP contribution in [0.3, 0.4) is 0 Å². The lowest BCUT2D eigenvalue weighted by Gasteiger charge is -2.33. The van der Waals surface area contributed by atoms with Gasteiger partial charge >= 0.3 is 0 Å². The summed E-state index contributed by atoms with van der Waals surface area (Å²) in [5, 5.41) is 3.66. The van der Waals surface area contributed by atoms with Gasteiger partial charge in [-0.05, 0) is 32.6 Å². The first-order valence-electron chi connectivity index (χ1n) is 6.32. The van der Waals surface area contributed by atoms with Crippen molar-refractivity contribution >= 4 is 0 Å². The first kappa shape index (κ1) is 11.4. The lowest BCUT2D eigenvalue weighted by atomic mass is 10.2. The maximum absolute atomic E-state index is 5.36. The lowest BCUT2D eigenvalue weighted by molar-refractivity contribution is 0.0199. The smallest absolute Gasteiger partial charge is 0.0594 e. The summed E-state index contributed by atoms with van der Waals surface area (Å²) >= 11 is 0. The summed E-state index contributed by atoms with van der Waals surface area (Å²) in [6.07, 6.45) is 2.86. The van der Waals surface area contributed by atoms with Crippen LogP contribution in [-0.4, -0.2) is 49.8 Å². The largest absolute Gasteiger partial charge is 0.379 e. The van der Waals surface area contributed by atoms with Crippen LogP contribution in [0.15, 0.2) is 0 Å². The molecule has 1 N–H and O–H groups in total. The summed E-state index contributed by atoms with van der Waals surface area (Å²) in [7, 11) is 0. The number of nitrogens with one attached hydrogen (secondary N) is 1. The molecular formula is C12H24N2O. The number of ether oxygens (including phenoxy) is 1. The zero-order chi connectivity index (χ0) is 10.7. The molecule has 1 aliphatic carbocycles. The van der Waals surface area contributed by atoms with Gasteiger partial charge in [0.25, 0.3) is 0 Å². The molecule has 2 unspecified atom stereocenters. The van der Waals surface area contributed by atoms with Crippen LogP contribution in [0.1, 0.15) is 26.7 Å². The Morgan fingerprint density at radius 1 is 1.27 bits per heavy atom. The van der Waals surface area contributed by atoms with Crippen LogP contribution in [0, 0.1) is 5.92 Å². The van der Waals surface area contributed by atoms with E-state index >= 15 is 0 Å². The zero-order valence-corrected chi connectivity index (χ0v) is 10.0. The number of hydrogen-bond donors (Lipinski definition) is 1. The van der Waals surface area contributed by atoms with Crippen molar-refractivity contribution in [3.8, 4) is 0 Å². The minimum absolute atomic E-state index is 0.648. The highest BCUT2D eigenvalue weighted by Crippen LogP contribution is 2.32. The number of rotatable bonds is 5. The molecule has 2 aliphatic rings. The highest BCUT2D eigenvalue weighted by atomic mass is 16.5. The fraction of sp³-hybridized carbons (Fsp3) is 1.00. The Labute approximate surface area is 93.2 Å². The number of nitrogens with zero attached hydrogens (tertiary/aromatic N) is 1. The SMILES string of the molecule is CC(NCC(C)N1CCOCC1)C1CC1. The quantitative estimate of drug-likeness (QED) is 0.738. The van der Waals surface area contributed by atoms with Gasteiger partial charge in [-0.15, -0.1) is 0 Å². The van der Waals surface area contributed by atoms with Gasteiger partial charge in [0.15, 0.2) is 0 Å². The Morgan fingerprint density at radius 3 is 2.53 bits per heavy atom. The summed E-state index contributed by atoms with van der Waals surface area (Å²) < 4.78 is 5.36. The second-order valence-electron chi connectivity index (χ2n) is 5.03. The van der Waals surface area contributed by atoms with E-state index in [1.54, 1.807) is 0 Å². The van der Waals surface area contributed by atoms with Crippen LogP contribution in [0.25, 0.3) is 0 Å². The molecule has 0 radical (unpaired) electrons. The maximum Gasteiger partial charge on any atom is 0.0594 e. The van der Waals surface area contributed by atoms with E-state index in [0.29, 0.717) is 12.1 Å². The Balaban J connectivity index is 1.64. The monoisotopic (exact) mass is 212 g/mol. The molecule has 0 spiro atoms. The molecule has 2 rings (SSSR count). The summed E-state index contributed by atoms with van der Waals surface area (Å²) in [6.45, 7) is 9.77. The first-order chi connectivity index (χ1) is 7.27. The molecule has 3 heteroatoms. The Morgan fingerprint density at radius 2 is 1.93 bits per heavy atom. The van der Waals surface area contributed by atoms with Crippen molar-refractivity contribution in [2.45, 2.75) is 38.8 Å². The van der Waals surface area contributed by atoms with Crippen LogP contribution in [0.5, 0.6) is 0 Å². The van der Waals surface area contributed by atoms with Crippen molar-refractivity contribution in [2.24, 2.45) is 5.92 Å². The third-order valence-electron chi connectivity index (χ3n) is 3.73. The van der Waals surface area contributed by atoms with Crippen LogP contribution in [0.2, 0.25) is 0 Å². The average molecular weight is 212 g/mol. The third-order valence-corrected chi connectivity index (χ3v) is 3.73. The topological polar surface area (TPSA) is 24.5 Å². The van der Waals surface area contributed by atoms with E-state index in [4.69, 9.17) is 4.74 Å². The summed E-state index contributed by atoms with van der Waals surface area (Å²) in [6, 6.07) is 1.36. The van der Waals surface area contributed by atoms with Crippen molar-refractivity contribution in [3.63, 3.8) is 0 Å². The van der Waals surface area contributed by atoms with Crippen LogP contribution >= 0.6 is 0 Å². The average Bonchev–Trinajstić information content (AvgIpc) is 3.10. The number of hydrogen-bond acceptors (Lipinski definition) is 3. The molecule has 1 aliphatic heterocycles. The van der Waals surface area contributed by atoms with Crippen molar-refractivity contribution in [3.05, 3.63) is 0 Å². The molecule has 0 amide bonds. The van der Waals surface area contributed by atoms with Gasteiger partial charge in [-0.1, -0.05) is 0 Å². The Kier molecular flexibility index (Phi) is 4.00. The zero-order valence-electron chi connectivity index (χ0n) is 10.0. The normalized spacial score (nSPS) is 27.6. The molecule has 0 aromatic carbocycles. The van der Waals surface area contributed by atoms with Gasteiger partial charge in [0.05, 0.1) is 13.2 Å². The molecule has 3 nitrogen and oxygen atoms in total. The predicted octanol–water partition coefficient (Wildman–Crippen LogP) is 1.10. The van der Waals surface area contributed by atoms with Crippen LogP contribution < -0.4 is 5.32 Å².